The summed E-state index contributed by atoms with van der Waals surface area (Å²) >= 11 is 5.98. The van der Waals surface area contributed by atoms with E-state index in [1.807, 2.05) is 24.3 Å². The Balaban J connectivity index is 1.60. The number of carbonyl (C=O) groups excluding carboxylic acids is 2. The van der Waals surface area contributed by atoms with E-state index in [1.54, 1.807) is 37.3 Å². The van der Waals surface area contributed by atoms with Gasteiger partial charge in [0.25, 0.3) is 0 Å². The molecule has 1 aliphatic rings. The standard InChI is InChI=1S/C21H23ClN2O4/c1-27-17-6-7-18(19(12-17)28-2)24-13-15(11-20(24)25)21(26)23-9-8-14-4-3-5-16(22)10-14/h3-7,10,12,15H,8-9,11,13H2,1-2H3,(H,23,26). The predicted octanol–water partition coefficient (Wildman–Crippen LogP) is 3.07. The van der Waals surface area contributed by atoms with Gasteiger partial charge in [-0.2, -0.15) is 0 Å². The van der Waals surface area contributed by atoms with Crippen molar-refractivity contribution in [2.45, 2.75) is 12.8 Å². The van der Waals surface area contributed by atoms with E-state index in [-0.39, 0.29) is 18.2 Å². The lowest BCUT2D eigenvalue weighted by Gasteiger charge is -2.20. The SMILES string of the molecule is COc1ccc(N2CC(C(=O)NCCc3cccc(Cl)c3)CC2=O)c(OC)c1. The largest absolute Gasteiger partial charge is 0.497 e. The van der Waals surface area contributed by atoms with Gasteiger partial charge in [0.1, 0.15) is 11.5 Å². The van der Waals surface area contributed by atoms with Crippen molar-refractivity contribution in [1.82, 2.24) is 5.32 Å². The number of anilines is 1. The van der Waals surface area contributed by atoms with E-state index in [0.29, 0.717) is 41.7 Å². The van der Waals surface area contributed by atoms with Gasteiger partial charge in [-0.25, -0.2) is 0 Å². The summed E-state index contributed by atoms with van der Waals surface area (Å²) in [6, 6.07) is 12.8. The second-order valence-corrected chi connectivity index (χ2v) is 7.05. The molecule has 28 heavy (non-hydrogen) atoms. The normalized spacial score (nSPS) is 16.2. The lowest BCUT2D eigenvalue weighted by molar-refractivity contribution is -0.126. The summed E-state index contributed by atoms with van der Waals surface area (Å²) in [4.78, 5) is 26.6. The van der Waals surface area contributed by atoms with E-state index in [0.717, 1.165) is 5.56 Å². The highest BCUT2D eigenvalue weighted by molar-refractivity contribution is 6.30. The van der Waals surface area contributed by atoms with Gasteiger partial charge in [-0.05, 0) is 36.2 Å². The third-order valence-corrected chi connectivity index (χ3v) is 5.01. The first kappa shape index (κ1) is 20.0. The predicted molar refractivity (Wildman–Crippen MR) is 108 cm³/mol. The maximum atomic E-state index is 12.5. The zero-order chi connectivity index (χ0) is 20.1. The van der Waals surface area contributed by atoms with Crippen LogP contribution in [0.2, 0.25) is 5.02 Å². The topological polar surface area (TPSA) is 67.9 Å². The molecule has 0 aliphatic carbocycles. The van der Waals surface area contributed by atoms with E-state index < -0.39 is 5.92 Å². The van der Waals surface area contributed by atoms with E-state index in [1.165, 1.54) is 0 Å². The van der Waals surface area contributed by atoms with E-state index >= 15 is 0 Å². The van der Waals surface area contributed by atoms with Crippen molar-refractivity contribution in [2.24, 2.45) is 5.92 Å². The Morgan fingerprint density at radius 2 is 2.04 bits per heavy atom. The first-order valence-corrected chi connectivity index (χ1v) is 9.44. The number of nitrogens with one attached hydrogen (secondary N) is 1. The fraction of sp³-hybridized carbons (Fsp3) is 0.333. The van der Waals surface area contributed by atoms with E-state index in [4.69, 9.17) is 21.1 Å². The van der Waals surface area contributed by atoms with Crippen LogP contribution in [0.5, 0.6) is 11.5 Å². The molecule has 1 N–H and O–H groups in total. The van der Waals surface area contributed by atoms with Gasteiger partial charge in [-0.15, -0.1) is 0 Å². The van der Waals surface area contributed by atoms with Crippen LogP contribution in [0.1, 0.15) is 12.0 Å². The van der Waals surface area contributed by atoms with Crippen LogP contribution >= 0.6 is 11.6 Å². The number of rotatable bonds is 7. The van der Waals surface area contributed by atoms with Gasteiger partial charge in [0.05, 0.1) is 25.8 Å². The summed E-state index contributed by atoms with van der Waals surface area (Å²) in [6.07, 6.45) is 0.862. The molecule has 1 fully saturated rings. The molecule has 0 saturated carbocycles. The minimum Gasteiger partial charge on any atom is -0.497 e. The molecule has 6 nitrogen and oxygen atoms in total. The molecular formula is C21H23ClN2O4. The Labute approximate surface area is 169 Å². The Morgan fingerprint density at radius 1 is 1.21 bits per heavy atom. The van der Waals surface area contributed by atoms with Crippen molar-refractivity contribution >= 4 is 29.1 Å². The average Bonchev–Trinajstić information content (AvgIpc) is 3.09. The summed E-state index contributed by atoms with van der Waals surface area (Å²) in [5, 5.41) is 3.60. The Bertz CT molecular complexity index is 871. The molecule has 1 heterocycles. The number of amides is 2. The van der Waals surface area contributed by atoms with Crippen molar-refractivity contribution in [3.63, 3.8) is 0 Å². The van der Waals surface area contributed by atoms with Crippen LogP contribution in [0.25, 0.3) is 0 Å². The molecule has 1 unspecified atom stereocenters. The molecule has 0 bridgehead atoms. The summed E-state index contributed by atoms with van der Waals surface area (Å²) < 4.78 is 10.6. The summed E-state index contributed by atoms with van der Waals surface area (Å²) in [7, 11) is 3.11. The molecule has 1 atom stereocenters. The maximum absolute atomic E-state index is 12.5. The molecule has 1 saturated heterocycles. The van der Waals surface area contributed by atoms with Gasteiger partial charge in [0.15, 0.2) is 0 Å². The molecule has 148 valence electrons. The Kier molecular flexibility index (Phi) is 6.41. The number of carbonyl (C=O) groups is 2. The zero-order valence-corrected chi connectivity index (χ0v) is 16.7. The Morgan fingerprint density at radius 3 is 2.75 bits per heavy atom. The quantitative estimate of drug-likeness (QED) is 0.772. The number of ether oxygens (including phenoxy) is 2. The fourth-order valence-electron chi connectivity index (χ4n) is 3.29. The van der Waals surface area contributed by atoms with Crippen molar-refractivity contribution in [2.75, 3.05) is 32.2 Å². The Hall–Kier alpha value is -2.73. The molecule has 2 aromatic rings. The molecule has 2 aromatic carbocycles. The number of nitrogens with zero attached hydrogens (tertiary/aromatic N) is 1. The minimum atomic E-state index is -0.390. The van der Waals surface area contributed by atoms with Crippen molar-refractivity contribution in [1.29, 1.82) is 0 Å². The lowest BCUT2D eigenvalue weighted by atomic mass is 10.1. The molecule has 0 aromatic heterocycles. The smallest absolute Gasteiger partial charge is 0.227 e. The zero-order valence-electron chi connectivity index (χ0n) is 15.9. The van der Waals surface area contributed by atoms with Gasteiger partial charge in [-0.1, -0.05) is 23.7 Å². The minimum absolute atomic E-state index is 0.0986. The van der Waals surface area contributed by atoms with Crippen LogP contribution in [0.15, 0.2) is 42.5 Å². The maximum Gasteiger partial charge on any atom is 0.227 e. The number of hydrogen-bond acceptors (Lipinski definition) is 4. The molecule has 7 heteroatoms. The van der Waals surface area contributed by atoms with Crippen LogP contribution in [0, 0.1) is 5.92 Å². The molecule has 2 amide bonds. The van der Waals surface area contributed by atoms with Crippen LogP contribution in [0.4, 0.5) is 5.69 Å². The summed E-state index contributed by atoms with van der Waals surface area (Å²) in [5.41, 5.74) is 1.70. The van der Waals surface area contributed by atoms with E-state index in [2.05, 4.69) is 5.32 Å². The highest BCUT2D eigenvalue weighted by atomic mass is 35.5. The lowest BCUT2D eigenvalue weighted by Crippen LogP contribution is -2.34. The highest BCUT2D eigenvalue weighted by Crippen LogP contribution is 2.35. The second kappa shape index (κ2) is 8.97. The van der Waals surface area contributed by atoms with Crippen molar-refractivity contribution in [3.05, 3.63) is 53.1 Å². The number of benzene rings is 2. The highest BCUT2D eigenvalue weighted by Gasteiger charge is 2.36. The van der Waals surface area contributed by atoms with Crippen LogP contribution in [-0.2, 0) is 16.0 Å². The average molecular weight is 403 g/mol. The second-order valence-electron chi connectivity index (χ2n) is 6.61. The van der Waals surface area contributed by atoms with Gasteiger partial charge < -0.3 is 19.7 Å². The monoisotopic (exact) mass is 402 g/mol. The van der Waals surface area contributed by atoms with Gasteiger partial charge in [0, 0.05) is 30.6 Å². The third-order valence-electron chi connectivity index (χ3n) is 4.78. The summed E-state index contributed by atoms with van der Waals surface area (Å²) in [6.45, 7) is 0.820. The number of halogens is 1. The molecule has 0 spiro atoms. The third kappa shape index (κ3) is 4.57. The first-order valence-electron chi connectivity index (χ1n) is 9.06. The van der Waals surface area contributed by atoms with Gasteiger partial charge >= 0.3 is 0 Å². The van der Waals surface area contributed by atoms with Crippen molar-refractivity contribution in [3.8, 4) is 11.5 Å². The molecular weight excluding hydrogens is 380 g/mol. The number of methoxy groups -OCH3 is 2. The fourth-order valence-corrected chi connectivity index (χ4v) is 3.50. The van der Waals surface area contributed by atoms with Gasteiger partial charge in [-0.3, -0.25) is 9.59 Å². The van der Waals surface area contributed by atoms with Gasteiger partial charge in [0.2, 0.25) is 11.8 Å². The first-order chi connectivity index (χ1) is 13.5. The molecule has 1 aliphatic heterocycles. The van der Waals surface area contributed by atoms with Crippen LogP contribution in [0.3, 0.4) is 0 Å². The molecule has 0 radical (unpaired) electrons. The number of hydrogen-bond donors (Lipinski definition) is 1. The summed E-state index contributed by atoms with van der Waals surface area (Å²) in [5.74, 6) is 0.569. The van der Waals surface area contributed by atoms with E-state index in [9.17, 15) is 9.59 Å². The van der Waals surface area contributed by atoms with Crippen molar-refractivity contribution < 1.29 is 19.1 Å². The van der Waals surface area contributed by atoms with Crippen LogP contribution < -0.4 is 19.7 Å². The van der Waals surface area contributed by atoms with Crippen LogP contribution in [-0.4, -0.2) is 39.1 Å². The molecule has 3 rings (SSSR count).